The largest absolute Gasteiger partial charge is 0.546 e. The van der Waals surface area contributed by atoms with E-state index in [9.17, 15) is 9.90 Å². The zero-order valence-electron chi connectivity index (χ0n) is 16.0. The minimum absolute atomic E-state index is 0.00491. The molecule has 0 spiro atoms. The second-order valence-electron chi connectivity index (χ2n) is 8.71. The SMILES string of the molecule is C[SiH](C)Oc1c(C(=O)O)ccc(C(C)(C)C)c1C1(C)CCCCC1. The molecule has 0 atom stereocenters. The van der Waals surface area contributed by atoms with Gasteiger partial charge in [-0.15, -0.1) is 0 Å². The average molecular weight is 349 g/mol. The molecular formula is C20H32O3Si. The Balaban J connectivity index is 2.78. The van der Waals surface area contributed by atoms with Gasteiger partial charge >= 0.3 is 5.97 Å². The lowest BCUT2D eigenvalue weighted by molar-refractivity contribution is 0.0694. The van der Waals surface area contributed by atoms with Gasteiger partial charge in [-0.3, -0.25) is 0 Å². The van der Waals surface area contributed by atoms with Gasteiger partial charge in [-0.2, -0.15) is 0 Å². The Hall–Kier alpha value is -1.29. The Morgan fingerprint density at radius 1 is 1.17 bits per heavy atom. The van der Waals surface area contributed by atoms with Crippen LogP contribution in [-0.2, 0) is 10.8 Å². The predicted octanol–water partition coefficient (Wildman–Crippen LogP) is 5.27. The van der Waals surface area contributed by atoms with E-state index in [1.165, 1.54) is 24.8 Å². The van der Waals surface area contributed by atoms with Crippen LogP contribution in [0.5, 0.6) is 5.75 Å². The highest BCUT2D eigenvalue weighted by Crippen LogP contribution is 2.48. The molecule has 134 valence electrons. The fourth-order valence-electron chi connectivity index (χ4n) is 3.92. The van der Waals surface area contributed by atoms with Gasteiger partial charge in [-0.05, 0) is 48.4 Å². The summed E-state index contributed by atoms with van der Waals surface area (Å²) in [5, 5.41) is 9.71. The fourth-order valence-corrected chi connectivity index (χ4v) is 4.63. The summed E-state index contributed by atoms with van der Waals surface area (Å²) in [7, 11) is -1.42. The van der Waals surface area contributed by atoms with Crippen LogP contribution in [0.15, 0.2) is 12.1 Å². The maximum absolute atomic E-state index is 11.8. The van der Waals surface area contributed by atoms with Crippen LogP contribution < -0.4 is 4.43 Å². The minimum atomic E-state index is -1.42. The zero-order valence-corrected chi connectivity index (χ0v) is 17.2. The third-order valence-corrected chi connectivity index (χ3v) is 5.82. The van der Waals surface area contributed by atoms with E-state index in [-0.39, 0.29) is 10.8 Å². The molecular weight excluding hydrogens is 316 g/mol. The van der Waals surface area contributed by atoms with Gasteiger partial charge in [-0.25, -0.2) is 4.79 Å². The molecule has 0 aromatic heterocycles. The third-order valence-electron chi connectivity index (χ3n) is 5.11. The Morgan fingerprint density at radius 3 is 2.21 bits per heavy atom. The lowest BCUT2D eigenvalue weighted by Crippen LogP contribution is -2.32. The number of carboxylic acid groups (broad SMARTS) is 1. The van der Waals surface area contributed by atoms with Crippen molar-refractivity contribution in [1.29, 1.82) is 0 Å². The van der Waals surface area contributed by atoms with Crippen LogP contribution in [0.25, 0.3) is 0 Å². The van der Waals surface area contributed by atoms with E-state index in [2.05, 4.69) is 40.8 Å². The van der Waals surface area contributed by atoms with Crippen LogP contribution in [0.4, 0.5) is 0 Å². The Bertz CT molecular complexity index is 608. The van der Waals surface area contributed by atoms with E-state index in [4.69, 9.17) is 4.43 Å². The minimum Gasteiger partial charge on any atom is -0.546 e. The van der Waals surface area contributed by atoms with Crippen LogP contribution in [0, 0.1) is 0 Å². The van der Waals surface area contributed by atoms with Crippen LogP contribution in [0.2, 0.25) is 13.1 Å². The van der Waals surface area contributed by atoms with Crippen LogP contribution in [0.1, 0.15) is 81.3 Å². The van der Waals surface area contributed by atoms with Gasteiger partial charge < -0.3 is 9.53 Å². The van der Waals surface area contributed by atoms with Gasteiger partial charge in [0.2, 0.25) is 9.04 Å². The summed E-state index contributed by atoms with van der Waals surface area (Å²) in [6.07, 6.45) is 5.89. The lowest BCUT2D eigenvalue weighted by Gasteiger charge is -2.40. The van der Waals surface area contributed by atoms with Crippen molar-refractivity contribution in [2.24, 2.45) is 0 Å². The first-order valence-electron chi connectivity index (χ1n) is 9.14. The molecule has 2 rings (SSSR count). The average Bonchev–Trinajstić information content (AvgIpc) is 2.45. The van der Waals surface area contributed by atoms with E-state index < -0.39 is 15.0 Å². The Labute approximate surface area is 148 Å². The summed E-state index contributed by atoms with van der Waals surface area (Å²) < 4.78 is 6.25. The monoisotopic (exact) mass is 348 g/mol. The quantitative estimate of drug-likeness (QED) is 0.754. The van der Waals surface area contributed by atoms with Crippen molar-refractivity contribution in [1.82, 2.24) is 0 Å². The Kier molecular flexibility index (Phi) is 5.48. The van der Waals surface area contributed by atoms with E-state index in [1.807, 2.05) is 6.07 Å². The maximum atomic E-state index is 11.8. The van der Waals surface area contributed by atoms with E-state index in [1.54, 1.807) is 6.07 Å². The van der Waals surface area contributed by atoms with Gasteiger partial charge in [0, 0.05) is 5.56 Å². The second-order valence-corrected chi connectivity index (χ2v) is 11.0. The molecule has 1 aromatic rings. The van der Waals surface area contributed by atoms with Gasteiger partial charge in [0.1, 0.15) is 11.3 Å². The summed E-state index contributed by atoms with van der Waals surface area (Å²) >= 11 is 0. The van der Waals surface area contributed by atoms with Crippen LogP contribution in [0.3, 0.4) is 0 Å². The van der Waals surface area contributed by atoms with E-state index in [0.717, 1.165) is 18.4 Å². The first kappa shape index (κ1) is 19.0. The number of rotatable bonds is 4. The molecule has 0 unspecified atom stereocenters. The topological polar surface area (TPSA) is 46.5 Å². The molecule has 24 heavy (non-hydrogen) atoms. The summed E-state index contributed by atoms with van der Waals surface area (Å²) in [6, 6.07) is 3.76. The standard InChI is InChI=1S/C20H32O3Si/c1-19(2,3)15-11-10-14(18(21)22)17(23-24(5)6)16(15)20(4)12-8-7-9-13-20/h10-11,24H,7-9,12-13H2,1-6H3,(H,21,22). The molecule has 3 nitrogen and oxygen atoms in total. The molecule has 1 fully saturated rings. The van der Waals surface area contributed by atoms with Gasteiger partial charge in [-0.1, -0.05) is 53.0 Å². The van der Waals surface area contributed by atoms with E-state index >= 15 is 0 Å². The molecule has 1 aliphatic rings. The normalized spacial score (nSPS) is 17.8. The third kappa shape index (κ3) is 3.85. The molecule has 0 aliphatic heterocycles. The first-order valence-corrected chi connectivity index (χ1v) is 11.9. The lowest BCUT2D eigenvalue weighted by atomic mass is 9.66. The van der Waals surface area contributed by atoms with Crippen molar-refractivity contribution < 1.29 is 14.3 Å². The molecule has 0 bridgehead atoms. The van der Waals surface area contributed by atoms with Crippen molar-refractivity contribution in [3.8, 4) is 5.75 Å². The predicted molar refractivity (Wildman–Crippen MR) is 102 cm³/mol. The van der Waals surface area contributed by atoms with Crippen molar-refractivity contribution in [3.05, 3.63) is 28.8 Å². The summed E-state index contributed by atoms with van der Waals surface area (Å²) in [6.45, 7) is 13.1. The summed E-state index contributed by atoms with van der Waals surface area (Å²) in [5.41, 5.74) is 2.69. The molecule has 0 radical (unpaired) electrons. The molecule has 0 saturated heterocycles. The molecule has 1 aromatic carbocycles. The summed E-state index contributed by atoms with van der Waals surface area (Å²) in [5.74, 6) is -0.234. The smallest absolute Gasteiger partial charge is 0.339 e. The van der Waals surface area contributed by atoms with Crippen molar-refractivity contribution >= 4 is 15.0 Å². The zero-order chi connectivity index (χ0) is 18.1. The number of hydrogen-bond donors (Lipinski definition) is 1. The molecule has 1 saturated carbocycles. The molecule has 4 heteroatoms. The maximum Gasteiger partial charge on any atom is 0.339 e. The fraction of sp³-hybridized carbons (Fsp3) is 0.650. The van der Waals surface area contributed by atoms with Gasteiger partial charge in [0.05, 0.1) is 0 Å². The number of hydrogen-bond acceptors (Lipinski definition) is 2. The number of benzene rings is 1. The van der Waals surface area contributed by atoms with Crippen molar-refractivity contribution in [2.75, 3.05) is 0 Å². The summed E-state index contributed by atoms with van der Waals surface area (Å²) in [4.78, 5) is 11.8. The van der Waals surface area contributed by atoms with Crippen LogP contribution in [-0.4, -0.2) is 20.1 Å². The highest BCUT2D eigenvalue weighted by Gasteiger charge is 2.38. The van der Waals surface area contributed by atoms with E-state index in [0.29, 0.717) is 11.3 Å². The van der Waals surface area contributed by atoms with Crippen molar-refractivity contribution in [2.45, 2.75) is 83.7 Å². The molecule has 1 N–H and O–H groups in total. The second kappa shape index (κ2) is 6.91. The molecule has 0 amide bonds. The molecule has 0 heterocycles. The first-order chi connectivity index (χ1) is 11.1. The number of carboxylic acids is 1. The highest BCUT2D eigenvalue weighted by molar-refractivity contribution is 6.49. The van der Waals surface area contributed by atoms with Crippen molar-refractivity contribution in [3.63, 3.8) is 0 Å². The Morgan fingerprint density at radius 2 is 1.75 bits per heavy atom. The van der Waals surface area contributed by atoms with Gasteiger partial charge in [0.15, 0.2) is 0 Å². The number of carbonyl (C=O) groups is 1. The molecule has 1 aliphatic carbocycles. The van der Waals surface area contributed by atoms with Crippen LogP contribution >= 0.6 is 0 Å². The van der Waals surface area contributed by atoms with Gasteiger partial charge in [0.25, 0.3) is 0 Å². The highest BCUT2D eigenvalue weighted by atomic mass is 28.3. The number of aromatic carboxylic acids is 1.